The Morgan fingerprint density at radius 1 is 1.12 bits per heavy atom. The van der Waals surface area contributed by atoms with Crippen LogP contribution in [-0.4, -0.2) is 73.0 Å². The molecule has 0 radical (unpaired) electrons. The lowest BCUT2D eigenvalue weighted by molar-refractivity contribution is -0.173. The van der Waals surface area contributed by atoms with Gasteiger partial charge in [0, 0.05) is 33.5 Å². The van der Waals surface area contributed by atoms with Crippen LogP contribution in [-0.2, 0) is 25.5 Å². The second-order valence-corrected chi connectivity index (χ2v) is 8.70. The quantitative estimate of drug-likeness (QED) is 0.778. The molecule has 2 aromatic carbocycles. The number of nitrogens with zero attached hydrogens (tertiary/aromatic N) is 2. The number of carbonyl (C=O) groups is 3. The minimum atomic E-state index is -1.17. The second-order valence-electron chi connectivity index (χ2n) is 8.70. The average Bonchev–Trinajstić information content (AvgIpc) is 3.25. The first-order valence-corrected chi connectivity index (χ1v) is 11.0. The largest absolute Gasteiger partial charge is 0.361 e. The van der Waals surface area contributed by atoms with Gasteiger partial charge >= 0.3 is 0 Å². The summed E-state index contributed by atoms with van der Waals surface area (Å²) in [6.07, 6.45) is 1.20. The molecule has 2 fully saturated rings. The summed E-state index contributed by atoms with van der Waals surface area (Å²) in [6, 6.07) is 17.6. The van der Waals surface area contributed by atoms with Crippen LogP contribution in [0.5, 0.6) is 0 Å². The molecule has 1 N–H and O–H groups in total. The Hall–Kier alpha value is -3.19. The zero-order chi connectivity index (χ0) is 22.7. The normalized spacial score (nSPS) is 23.0. The Morgan fingerprint density at radius 3 is 2.56 bits per heavy atom. The maximum Gasteiger partial charge on any atom is 0.256 e. The molecule has 168 valence electrons. The van der Waals surface area contributed by atoms with Gasteiger partial charge in [-0.3, -0.25) is 14.4 Å². The van der Waals surface area contributed by atoms with Crippen molar-refractivity contribution < 1.29 is 19.1 Å². The van der Waals surface area contributed by atoms with Gasteiger partial charge in [-0.2, -0.15) is 0 Å². The predicted octanol–water partition coefficient (Wildman–Crippen LogP) is 1.86. The van der Waals surface area contributed by atoms with Crippen LogP contribution in [0.3, 0.4) is 0 Å². The summed E-state index contributed by atoms with van der Waals surface area (Å²) in [5, 5.41) is 2.74. The molecule has 2 heterocycles. The molecule has 0 spiro atoms. The van der Waals surface area contributed by atoms with E-state index in [1.165, 1.54) is 4.90 Å². The van der Waals surface area contributed by atoms with Crippen molar-refractivity contribution in [3.05, 3.63) is 60.2 Å². The zero-order valence-electron chi connectivity index (χ0n) is 18.5. The highest BCUT2D eigenvalue weighted by Crippen LogP contribution is 2.29. The third kappa shape index (κ3) is 4.53. The molecule has 2 atom stereocenters. The van der Waals surface area contributed by atoms with Crippen LogP contribution < -0.4 is 5.32 Å². The summed E-state index contributed by atoms with van der Waals surface area (Å²) in [5.74, 6) is -0.423. The number of rotatable bonds is 5. The van der Waals surface area contributed by atoms with Crippen LogP contribution >= 0.6 is 0 Å². The number of hydrogen-bond acceptors (Lipinski definition) is 4. The molecule has 7 heteroatoms. The first-order valence-electron chi connectivity index (χ1n) is 11.0. The SMILES string of the molecule is CN(C)C(=O)C1(Cc2cccc(-c3ccccc3)c2)CN(C(=O)C2CCC(=O)N2)CCO1. The van der Waals surface area contributed by atoms with E-state index in [1.54, 1.807) is 19.0 Å². The van der Waals surface area contributed by atoms with Crippen LogP contribution in [0.2, 0.25) is 0 Å². The first-order chi connectivity index (χ1) is 15.4. The fraction of sp³-hybridized carbons (Fsp3) is 0.400. The van der Waals surface area contributed by atoms with E-state index in [-0.39, 0.29) is 30.9 Å². The average molecular weight is 436 g/mol. The Kier molecular flexibility index (Phi) is 6.28. The summed E-state index contributed by atoms with van der Waals surface area (Å²) in [5.41, 5.74) is 1.95. The minimum Gasteiger partial charge on any atom is -0.361 e. The summed E-state index contributed by atoms with van der Waals surface area (Å²) in [6.45, 7) is 0.826. The fourth-order valence-electron chi connectivity index (χ4n) is 4.53. The lowest BCUT2D eigenvalue weighted by Gasteiger charge is -2.43. The van der Waals surface area contributed by atoms with Gasteiger partial charge in [0.05, 0.1) is 13.2 Å². The molecule has 32 heavy (non-hydrogen) atoms. The summed E-state index contributed by atoms with van der Waals surface area (Å²) >= 11 is 0. The van der Waals surface area contributed by atoms with E-state index in [2.05, 4.69) is 11.4 Å². The maximum absolute atomic E-state index is 13.3. The number of hydrogen-bond donors (Lipinski definition) is 1. The Morgan fingerprint density at radius 2 is 1.88 bits per heavy atom. The van der Waals surface area contributed by atoms with Gasteiger partial charge in [-0.05, 0) is 23.1 Å². The van der Waals surface area contributed by atoms with Crippen LogP contribution in [0.1, 0.15) is 18.4 Å². The highest BCUT2D eigenvalue weighted by Gasteiger charge is 2.47. The lowest BCUT2D eigenvalue weighted by Crippen LogP contribution is -2.63. The van der Waals surface area contributed by atoms with E-state index in [9.17, 15) is 14.4 Å². The molecule has 0 aliphatic carbocycles. The first kappa shape index (κ1) is 22.0. The molecule has 2 unspecified atom stereocenters. The third-order valence-corrected chi connectivity index (χ3v) is 6.11. The van der Waals surface area contributed by atoms with E-state index >= 15 is 0 Å². The van der Waals surface area contributed by atoms with Crippen molar-refractivity contribution in [2.24, 2.45) is 0 Å². The van der Waals surface area contributed by atoms with E-state index < -0.39 is 11.6 Å². The van der Waals surface area contributed by atoms with Gasteiger partial charge in [-0.1, -0.05) is 54.6 Å². The van der Waals surface area contributed by atoms with Crippen molar-refractivity contribution in [1.29, 1.82) is 0 Å². The number of ether oxygens (including phenoxy) is 1. The Balaban J connectivity index is 1.60. The van der Waals surface area contributed by atoms with Crippen molar-refractivity contribution >= 4 is 17.7 Å². The van der Waals surface area contributed by atoms with Gasteiger partial charge in [0.2, 0.25) is 11.8 Å². The highest BCUT2D eigenvalue weighted by molar-refractivity contribution is 5.92. The third-order valence-electron chi connectivity index (χ3n) is 6.11. The molecule has 2 aromatic rings. The number of morpholine rings is 1. The molecular formula is C25H29N3O4. The molecule has 0 bridgehead atoms. The van der Waals surface area contributed by atoms with E-state index in [0.29, 0.717) is 25.8 Å². The van der Waals surface area contributed by atoms with Crippen LogP contribution in [0.25, 0.3) is 11.1 Å². The Bertz CT molecular complexity index is 1010. The zero-order valence-corrected chi connectivity index (χ0v) is 18.5. The van der Waals surface area contributed by atoms with Crippen molar-refractivity contribution in [1.82, 2.24) is 15.1 Å². The topological polar surface area (TPSA) is 79.0 Å². The van der Waals surface area contributed by atoms with Gasteiger partial charge in [0.25, 0.3) is 5.91 Å². The number of likely N-dealkylation sites (N-methyl/N-ethyl adjacent to an activating group) is 1. The van der Waals surface area contributed by atoms with Crippen molar-refractivity contribution in [3.63, 3.8) is 0 Å². The van der Waals surface area contributed by atoms with Crippen LogP contribution in [0, 0.1) is 0 Å². The number of benzene rings is 2. The predicted molar refractivity (Wildman–Crippen MR) is 121 cm³/mol. The van der Waals surface area contributed by atoms with Gasteiger partial charge in [0.1, 0.15) is 6.04 Å². The van der Waals surface area contributed by atoms with E-state index in [4.69, 9.17) is 4.74 Å². The molecular weight excluding hydrogens is 406 g/mol. The second kappa shape index (κ2) is 9.12. The molecule has 3 amide bonds. The Labute approximate surface area is 188 Å². The number of carbonyl (C=O) groups excluding carboxylic acids is 3. The summed E-state index contributed by atoms with van der Waals surface area (Å²) < 4.78 is 6.13. The summed E-state index contributed by atoms with van der Waals surface area (Å²) in [4.78, 5) is 41.1. The van der Waals surface area contributed by atoms with E-state index in [0.717, 1.165) is 16.7 Å². The van der Waals surface area contributed by atoms with Crippen molar-refractivity contribution in [3.8, 4) is 11.1 Å². The van der Waals surface area contributed by atoms with Gasteiger partial charge < -0.3 is 19.9 Å². The number of amides is 3. The molecule has 4 rings (SSSR count). The van der Waals surface area contributed by atoms with Gasteiger partial charge in [0.15, 0.2) is 5.60 Å². The molecule has 7 nitrogen and oxygen atoms in total. The monoisotopic (exact) mass is 435 g/mol. The lowest BCUT2D eigenvalue weighted by atomic mass is 9.89. The summed E-state index contributed by atoms with van der Waals surface area (Å²) in [7, 11) is 3.40. The van der Waals surface area contributed by atoms with Gasteiger partial charge in [-0.25, -0.2) is 0 Å². The molecule has 2 saturated heterocycles. The van der Waals surface area contributed by atoms with E-state index in [1.807, 2.05) is 48.5 Å². The minimum absolute atomic E-state index is 0.107. The number of nitrogens with one attached hydrogen (secondary N) is 1. The van der Waals surface area contributed by atoms with Crippen LogP contribution in [0.15, 0.2) is 54.6 Å². The standard InChI is InChI=1S/C25H29N3O4/c1-27(2)24(31)25(16-18-7-6-10-20(15-18)19-8-4-3-5-9-19)17-28(13-14-32-25)23(30)21-11-12-22(29)26-21/h3-10,15,21H,11-14,16-17H2,1-2H3,(H,26,29). The molecule has 2 aliphatic rings. The smallest absolute Gasteiger partial charge is 0.256 e. The van der Waals surface area contributed by atoms with Crippen molar-refractivity contribution in [2.75, 3.05) is 33.8 Å². The van der Waals surface area contributed by atoms with Crippen molar-refractivity contribution in [2.45, 2.75) is 30.9 Å². The maximum atomic E-state index is 13.3. The molecule has 0 aromatic heterocycles. The highest BCUT2D eigenvalue weighted by atomic mass is 16.5. The molecule has 0 saturated carbocycles. The molecule has 2 aliphatic heterocycles. The van der Waals surface area contributed by atoms with Crippen LogP contribution in [0.4, 0.5) is 0 Å². The van der Waals surface area contributed by atoms with Gasteiger partial charge in [-0.15, -0.1) is 0 Å². The fourth-order valence-corrected chi connectivity index (χ4v) is 4.53.